The fraction of sp³-hybridized carbons (Fsp3) is 0.194. The number of para-hydroxylation sites is 1. The number of rotatable bonds is 7. The molecule has 0 saturated carbocycles. The maximum absolute atomic E-state index is 6.58. The molecule has 6 rings (SSSR count). The van der Waals surface area contributed by atoms with Gasteiger partial charge in [0.05, 0.1) is 26.0 Å². The Balaban J connectivity index is 1.29. The summed E-state index contributed by atoms with van der Waals surface area (Å²) in [5.41, 5.74) is 5.16. The molecule has 4 aromatic carbocycles. The lowest BCUT2D eigenvalue weighted by molar-refractivity contribution is -0.0209. The molecule has 0 spiro atoms. The summed E-state index contributed by atoms with van der Waals surface area (Å²) in [5.74, 6) is 3.07. The summed E-state index contributed by atoms with van der Waals surface area (Å²) in [6.45, 7) is 0.463. The number of nitrogens with zero attached hydrogens (tertiary/aromatic N) is 2. The van der Waals surface area contributed by atoms with Crippen LogP contribution < -0.4 is 18.9 Å². The zero-order valence-corrected chi connectivity index (χ0v) is 21.9. The first-order valence-corrected chi connectivity index (χ1v) is 12.8. The minimum absolute atomic E-state index is 0.0248. The fourth-order valence-corrected chi connectivity index (χ4v) is 5.02. The quantitative estimate of drug-likeness (QED) is 0.255. The summed E-state index contributed by atoms with van der Waals surface area (Å²) < 4.78 is 23.6. The third kappa shape index (κ3) is 4.63. The Morgan fingerprint density at radius 3 is 2.32 bits per heavy atom. The molecule has 2 heterocycles. The predicted octanol–water partition coefficient (Wildman–Crippen LogP) is 7.18. The highest BCUT2D eigenvalue weighted by atomic mass is 35.5. The van der Waals surface area contributed by atoms with E-state index in [0.29, 0.717) is 17.4 Å². The molecule has 0 aromatic heterocycles. The van der Waals surface area contributed by atoms with Crippen LogP contribution in [-0.2, 0) is 6.61 Å². The van der Waals surface area contributed by atoms with Crippen molar-refractivity contribution in [3.05, 3.63) is 118 Å². The fourth-order valence-electron chi connectivity index (χ4n) is 4.90. The minimum atomic E-state index is -0.412. The lowest BCUT2D eigenvalue weighted by Gasteiger charge is -2.38. The SMILES string of the molecule is COc1ccc(C2=NN3[C@@H](c4ccc(OCc5ccc(Cl)cc5)cc4)Oc4c(OC)cccc4[C@@H]3C2)cc1. The second-order valence-corrected chi connectivity index (χ2v) is 9.64. The van der Waals surface area contributed by atoms with E-state index in [-0.39, 0.29) is 6.04 Å². The van der Waals surface area contributed by atoms with E-state index in [4.69, 9.17) is 35.6 Å². The third-order valence-electron chi connectivity index (χ3n) is 6.91. The van der Waals surface area contributed by atoms with Gasteiger partial charge in [0.15, 0.2) is 11.5 Å². The molecule has 0 amide bonds. The number of benzene rings is 4. The van der Waals surface area contributed by atoms with Gasteiger partial charge >= 0.3 is 0 Å². The van der Waals surface area contributed by atoms with Crippen molar-refractivity contribution in [3.8, 4) is 23.0 Å². The molecule has 0 saturated heterocycles. The molecular weight excluding hydrogens is 500 g/mol. The van der Waals surface area contributed by atoms with Crippen LogP contribution in [0.25, 0.3) is 0 Å². The van der Waals surface area contributed by atoms with E-state index < -0.39 is 6.23 Å². The lowest BCUT2D eigenvalue weighted by atomic mass is 9.95. The van der Waals surface area contributed by atoms with Crippen molar-refractivity contribution in [2.45, 2.75) is 25.3 Å². The Labute approximate surface area is 227 Å². The molecule has 4 aromatic rings. The van der Waals surface area contributed by atoms with Crippen LogP contribution in [0.1, 0.15) is 40.9 Å². The van der Waals surface area contributed by atoms with Gasteiger partial charge in [0, 0.05) is 22.6 Å². The summed E-state index contributed by atoms with van der Waals surface area (Å²) in [4.78, 5) is 0. The van der Waals surface area contributed by atoms with Gasteiger partial charge in [-0.05, 0) is 77.9 Å². The van der Waals surface area contributed by atoms with Crippen molar-refractivity contribution in [1.82, 2.24) is 5.01 Å². The van der Waals surface area contributed by atoms with Crippen molar-refractivity contribution in [2.24, 2.45) is 5.10 Å². The molecular formula is C31H27ClN2O4. The van der Waals surface area contributed by atoms with Crippen LogP contribution in [0.2, 0.25) is 5.02 Å². The number of halogens is 1. The zero-order valence-electron chi connectivity index (χ0n) is 21.1. The van der Waals surface area contributed by atoms with Gasteiger partial charge in [-0.3, -0.25) is 0 Å². The second kappa shape index (κ2) is 10.3. The highest BCUT2D eigenvalue weighted by Crippen LogP contribution is 2.50. The standard InChI is InChI=1S/C31H27ClN2O4/c1-35-24-14-8-21(9-15-24)27-18-28-26-4-3-5-29(36-2)30(26)38-31(34(28)33-27)22-10-16-25(17-11-22)37-19-20-6-12-23(32)13-7-20/h3-17,28,31H,18-19H2,1-2H3/t28-,31+/m0/s1. The van der Waals surface area contributed by atoms with Crippen molar-refractivity contribution < 1.29 is 18.9 Å². The van der Waals surface area contributed by atoms with Gasteiger partial charge in [0.2, 0.25) is 6.23 Å². The molecule has 6 nitrogen and oxygen atoms in total. The van der Waals surface area contributed by atoms with Crippen LogP contribution in [0.4, 0.5) is 0 Å². The molecule has 38 heavy (non-hydrogen) atoms. The Kier molecular flexibility index (Phi) is 6.56. The molecule has 2 aliphatic heterocycles. The summed E-state index contributed by atoms with van der Waals surface area (Å²) in [6, 6.07) is 29.7. The second-order valence-electron chi connectivity index (χ2n) is 9.21. The average Bonchev–Trinajstić information content (AvgIpc) is 3.42. The number of hydrazone groups is 1. The molecule has 0 N–H and O–H groups in total. The zero-order chi connectivity index (χ0) is 26.1. The van der Waals surface area contributed by atoms with E-state index in [1.54, 1.807) is 14.2 Å². The monoisotopic (exact) mass is 526 g/mol. The molecule has 7 heteroatoms. The van der Waals surface area contributed by atoms with Crippen LogP contribution in [0.3, 0.4) is 0 Å². The van der Waals surface area contributed by atoms with Gasteiger partial charge in [0.25, 0.3) is 0 Å². The van der Waals surface area contributed by atoms with E-state index >= 15 is 0 Å². The minimum Gasteiger partial charge on any atom is -0.497 e. The molecule has 0 aliphatic carbocycles. The predicted molar refractivity (Wildman–Crippen MR) is 147 cm³/mol. The Morgan fingerprint density at radius 1 is 0.868 bits per heavy atom. The first-order chi connectivity index (χ1) is 18.6. The summed E-state index contributed by atoms with van der Waals surface area (Å²) in [7, 11) is 3.34. The third-order valence-corrected chi connectivity index (χ3v) is 7.16. The van der Waals surface area contributed by atoms with E-state index in [1.165, 1.54) is 0 Å². The summed E-state index contributed by atoms with van der Waals surface area (Å²) >= 11 is 5.99. The number of hydrogen-bond donors (Lipinski definition) is 0. The van der Waals surface area contributed by atoms with Crippen molar-refractivity contribution in [1.29, 1.82) is 0 Å². The molecule has 0 radical (unpaired) electrons. The molecule has 0 bridgehead atoms. The van der Waals surface area contributed by atoms with Crippen molar-refractivity contribution in [2.75, 3.05) is 14.2 Å². The largest absolute Gasteiger partial charge is 0.497 e. The van der Waals surface area contributed by atoms with Gasteiger partial charge in [-0.25, -0.2) is 5.01 Å². The van der Waals surface area contributed by atoms with Gasteiger partial charge in [-0.2, -0.15) is 5.10 Å². The summed E-state index contributed by atoms with van der Waals surface area (Å²) in [5, 5.41) is 7.83. The molecule has 2 atom stereocenters. The molecule has 192 valence electrons. The topological polar surface area (TPSA) is 52.5 Å². The number of hydrogen-bond acceptors (Lipinski definition) is 6. The van der Waals surface area contributed by atoms with Crippen molar-refractivity contribution in [3.63, 3.8) is 0 Å². The van der Waals surface area contributed by atoms with Crippen LogP contribution >= 0.6 is 11.6 Å². The van der Waals surface area contributed by atoms with Crippen molar-refractivity contribution >= 4 is 17.3 Å². The molecule has 0 fully saturated rings. The Bertz CT molecular complexity index is 1450. The average molecular weight is 527 g/mol. The first-order valence-electron chi connectivity index (χ1n) is 12.4. The highest BCUT2D eigenvalue weighted by molar-refractivity contribution is 6.30. The van der Waals surface area contributed by atoms with E-state index in [1.807, 2.05) is 84.9 Å². The maximum Gasteiger partial charge on any atom is 0.214 e. The van der Waals surface area contributed by atoms with E-state index in [2.05, 4.69) is 11.1 Å². The number of fused-ring (bicyclic) bond motifs is 3. The van der Waals surface area contributed by atoms with Crippen LogP contribution in [0, 0.1) is 0 Å². The Hall–Kier alpha value is -4.16. The van der Waals surface area contributed by atoms with Gasteiger partial charge in [-0.1, -0.05) is 35.9 Å². The van der Waals surface area contributed by atoms with Crippen LogP contribution in [-0.4, -0.2) is 24.9 Å². The van der Waals surface area contributed by atoms with E-state index in [0.717, 1.165) is 51.6 Å². The van der Waals surface area contributed by atoms with Crippen LogP contribution in [0.15, 0.2) is 96.1 Å². The van der Waals surface area contributed by atoms with Crippen LogP contribution in [0.5, 0.6) is 23.0 Å². The lowest BCUT2D eigenvalue weighted by Crippen LogP contribution is -2.33. The highest BCUT2D eigenvalue weighted by Gasteiger charge is 2.42. The Morgan fingerprint density at radius 2 is 1.61 bits per heavy atom. The van der Waals surface area contributed by atoms with Gasteiger partial charge < -0.3 is 18.9 Å². The normalized spacial score (nSPS) is 17.7. The van der Waals surface area contributed by atoms with Gasteiger partial charge in [-0.15, -0.1) is 0 Å². The number of ether oxygens (including phenoxy) is 4. The van der Waals surface area contributed by atoms with Gasteiger partial charge in [0.1, 0.15) is 18.1 Å². The smallest absolute Gasteiger partial charge is 0.214 e. The first kappa shape index (κ1) is 24.2. The van der Waals surface area contributed by atoms with E-state index in [9.17, 15) is 0 Å². The summed E-state index contributed by atoms with van der Waals surface area (Å²) in [6.07, 6.45) is 0.346. The maximum atomic E-state index is 6.58. The molecule has 2 aliphatic rings. The number of methoxy groups -OCH3 is 2. The molecule has 0 unspecified atom stereocenters.